The second-order valence-electron chi connectivity index (χ2n) is 5.68. The summed E-state index contributed by atoms with van der Waals surface area (Å²) in [6.07, 6.45) is 1.95. The lowest BCUT2D eigenvalue weighted by atomic mass is 10.1. The molecule has 26 heavy (non-hydrogen) atoms. The quantitative estimate of drug-likeness (QED) is 0.734. The lowest BCUT2D eigenvalue weighted by Gasteiger charge is -2.10. The van der Waals surface area contributed by atoms with Gasteiger partial charge in [-0.3, -0.25) is 4.72 Å². The Balaban J connectivity index is 1.59. The first-order chi connectivity index (χ1) is 12.4. The van der Waals surface area contributed by atoms with Crippen LogP contribution < -0.4 is 4.72 Å². The Bertz CT molecular complexity index is 1040. The molecule has 9 heteroatoms. The van der Waals surface area contributed by atoms with Gasteiger partial charge in [-0.1, -0.05) is 30.0 Å². The highest BCUT2D eigenvalue weighted by molar-refractivity contribution is 7.99. The second kappa shape index (κ2) is 6.40. The highest BCUT2D eigenvalue weighted by Crippen LogP contribution is 2.30. The van der Waals surface area contributed by atoms with Crippen molar-refractivity contribution in [2.75, 3.05) is 10.5 Å². The summed E-state index contributed by atoms with van der Waals surface area (Å²) in [5.41, 5.74) is 1.83. The molecule has 0 fully saturated rings. The molecule has 0 unspecified atom stereocenters. The summed E-state index contributed by atoms with van der Waals surface area (Å²) in [4.78, 5) is 3.53. The molecule has 0 atom stereocenters. The number of nitrogens with one attached hydrogen (secondary N) is 1. The normalized spacial score (nSPS) is 13.6. The number of thioether (sulfide) groups is 1. The summed E-state index contributed by atoms with van der Waals surface area (Å²) in [6, 6.07) is 9.38. The van der Waals surface area contributed by atoms with Crippen LogP contribution in [0.15, 0.2) is 58.7 Å². The van der Waals surface area contributed by atoms with Crippen molar-refractivity contribution in [3.8, 4) is 11.3 Å². The summed E-state index contributed by atoms with van der Waals surface area (Å²) < 4.78 is 56.3. The van der Waals surface area contributed by atoms with Crippen LogP contribution in [0, 0.1) is 11.6 Å². The number of halogens is 2. The molecule has 0 amide bonds. The maximum Gasteiger partial charge on any atom is 0.267 e. The molecule has 2 heterocycles. The summed E-state index contributed by atoms with van der Waals surface area (Å²) in [5, 5.41) is 0.958. The molecule has 1 aliphatic heterocycles. The van der Waals surface area contributed by atoms with Crippen LogP contribution in [0.4, 0.5) is 14.5 Å². The SMILES string of the molecule is O=S(=O)(Nc1ccc(-c2cn3c(n2)SCC3)cc1)c1c(F)cccc1F. The van der Waals surface area contributed by atoms with E-state index in [0.29, 0.717) is 0 Å². The van der Waals surface area contributed by atoms with Crippen molar-refractivity contribution >= 4 is 27.5 Å². The van der Waals surface area contributed by atoms with Crippen molar-refractivity contribution < 1.29 is 17.2 Å². The van der Waals surface area contributed by atoms with Gasteiger partial charge in [0.2, 0.25) is 0 Å². The molecule has 4 rings (SSSR count). The summed E-state index contributed by atoms with van der Waals surface area (Å²) in [7, 11) is -4.37. The van der Waals surface area contributed by atoms with Gasteiger partial charge in [0.15, 0.2) is 10.1 Å². The van der Waals surface area contributed by atoms with Gasteiger partial charge in [0.25, 0.3) is 10.0 Å². The molecule has 2 aromatic carbocycles. The minimum absolute atomic E-state index is 0.206. The molecule has 1 aliphatic rings. The number of aromatic nitrogens is 2. The van der Waals surface area contributed by atoms with E-state index in [1.807, 2.05) is 6.20 Å². The number of aryl methyl sites for hydroxylation is 1. The first-order valence-electron chi connectivity index (χ1n) is 7.71. The largest absolute Gasteiger partial charge is 0.325 e. The van der Waals surface area contributed by atoms with E-state index >= 15 is 0 Å². The van der Waals surface area contributed by atoms with Crippen molar-refractivity contribution in [2.24, 2.45) is 0 Å². The minimum Gasteiger partial charge on any atom is -0.325 e. The topological polar surface area (TPSA) is 64.0 Å². The standard InChI is InChI=1S/C17H13F2N3O2S2/c18-13-2-1-3-14(19)16(13)26(23,24)21-12-6-4-11(5-7-12)15-10-22-8-9-25-17(22)20-15/h1-7,10,21H,8-9H2. The number of nitrogens with zero attached hydrogens (tertiary/aromatic N) is 2. The zero-order chi connectivity index (χ0) is 18.3. The number of hydrogen-bond acceptors (Lipinski definition) is 4. The predicted octanol–water partition coefficient (Wildman–Crippen LogP) is 3.73. The van der Waals surface area contributed by atoms with Crippen LogP contribution in [-0.4, -0.2) is 23.7 Å². The number of benzene rings is 2. The first-order valence-corrected chi connectivity index (χ1v) is 10.2. The molecule has 0 saturated carbocycles. The number of hydrogen-bond donors (Lipinski definition) is 1. The third kappa shape index (κ3) is 3.08. The Hall–Kier alpha value is -2.39. The maximum absolute atomic E-state index is 13.7. The van der Waals surface area contributed by atoms with Crippen molar-refractivity contribution in [3.63, 3.8) is 0 Å². The summed E-state index contributed by atoms with van der Waals surface area (Å²) in [5.74, 6) is -1.27. The predicted molar refractivity (Wildman–Crippen MR) is 95.6 cm³/mol. The maximum atomic E-state index is 13.7. The van der Waals surface area contributed by atoms with Gasteiger partial charge in [-0.05, 0) is 24.3 Å². The third-order valence-corrected chi connectivity index (χ3v) is 6.33. The van der Waals surface area contributed by atoms with Gasteiger partial charge in [0, 0.05) is 29.7 Å². The number of rotatable bonds is 4. The fourth-order valence-electron chi connectivity index (χ4n) is 2.70. The van der Waals surface area contributed by atoms with E-state index in [9.17, 15) is 17.2 Å². The van der Waals surface area contributed by atoms with Crippen LogP contribution in [0.1, 0.15) is 0 Å². The third-order valence-electron chi connectivity index (χ3n) is 3.92. The first kappa shape index (κ1) is 17.0. The number of anilines is 1. The van der Waals surface area contributed by atoms with Crippen LogP contribution in [0.25, 0.3) is 11.3 Å². The summed E-state index contributed by atoms with van der Waals surface area (Å²) >= 11 is 1.68. The Morgan fingerprint density at radius 3 is 2.42 bits per heavy atom. The smallest absolute Gasteiger partial charge is 0.267 e. The van der Waals surface area contributed by atoms with Gasteiger partial charge >= 0.3 is 0 Å². The Kier molecular flexibility index (Phi) is 4.20. The fourth-order valence-corrected chi connectivity index (χ4v) is 4.84. The highest BCUT2D eigenvalue weighted by Gasteiger charge is 2.24. The lowest BCUT2D eigenvalue weighted by molar-refractivity contribution is 0.521. The molecule has 0 bridgehead atoms. The lowest BCUT2D eigenvalue weighted by Crippen LogP contribution is -2.16. The van der Waals surface area contributed by atoms with Gasteiger partial charge in [0.1, 0.15) is 11.6 Å². The second-order valence-corrected chi connectivity index (χ2v) is 8.37. The number of fused-ring (bicyclic) bond motifs is 1. The van der Waals surface area contributed by atoms with Crippen LogP contribution in [0.3, 0.4) is 0 Å². The molecule has 0 radical (unpaired) electrons. The van der Waals surface area contributed by atoms with Crippen LogP contribution in [0.2, 0.25) is 0 Å². The van der Waals surface area contributed by atoms with Gasteiger partial charge in [-0.2, -0.15) is 0 Å². The molecule has 0 aliphatic carbocycles. The van der Waals surface area contributed by atoms with Gasteiger partial charge in [-0.15, -0.1) is 0 Å². The van der Waals surface area contributed by atoms with Gasteiger partial charge in [-0.25, -0.2) is 22.2 Å². The zero-order valence-corrected chi connectivity index (χ0v) is 14.9. The van der Waals surface area contributed by atoms with E-state index in [4.69, 9.17) is 0 Å². The minimum atomic E-state index is -4.37. The fraction of sp³-hybridized carbons (Fsp3) is 0.118. The van der Waals surface area contributed by atoms with Crippen molar-refractivity contribution in [3.05, 3.63) is 60.3 Å². The summed E-state index contributed by atoms with van der Waals surface area (Å²) in [6.45, 7) is 0.916. The molecule has 0 saturated heterocycles. The van der Waals surface area contributed by atoms with E-state index in [1.54, 1.807) is 23.9 Å². The van der Waals surface area contributed by atoms with Crippen LogP contribution in [-0.2, 0) is 16.6 Å². The molecule has 1 N–H and O–H groups in total. The van der Waals surface area contributed by atoms with Crippen LogP contribution in [0.5, 0.6) is 0 Å². The molecule has 3 aromatic rings. The van der Waals surface area contributed by atoms with Crippen molar-refractivity contribution in [1.82, 2.24) is 9.55 Å². The van der Waals surface area contributed by atoms with Crippen molar-refractivity contribution in [1.29, 1.82) is 0 Å². The van der Waals surface area contributed by atoms with E-state index < -0.39 is 26.6 Å². The monoisotopic (exact) mass is 393 g/mol. The molecule has 134 valence electrons. The van der Waals surface area contributed by atoms with E-state index in [0.717, 1.165) is 46.9 Å². The molecular formula is C17H13F2N3O2S2. The van der Waals surface area contributed by atoms with E-state index in [-0.39, 0.29) is 5.69 Å². The van der Waals surface area contributed by atoms with E-state index in [1.165, 1.54) is 12.1 Å². The van der Waals surface area contributed by atoms with E-state index in [2.05, 4.69) is 14.3 Å². The molecule has 0 spiro atoms. The highest BCUT2D eigenvalue weighted by atomic mass is 32.2. The Labute approximate surface area is 153 Å². The number of imidazole rings is 1. The van der Waals surface area contributed by atoms with Crippen molar-refractivity contribution in [2.45, 2.75) is 16.6 Å². The zero-order valence-electron chi connectivity index (χ0n) is 13.3. The molecule has 1 aromatic heterocycles. The number of sulfonamides is 1. The molecule has 5 nitrogen and oxygen atoms in total. The van der Waals surface area contributed by atoms with Crippen LogP contribution >= 0.6 is 11.8 Å². The van der Waals surface area contributed by atoms with Gasteiger partial charge < -0.3 is 4.57 Å². The Morgan fingerprint density at radius 1 is 1.08 bits per heavy atom. The molecular weight excluding hydrogens is 380 g/mol. The van der Waals surface area contributed by atoms with Gasteiger partial charge in [0.05, 0.1) is 5.69 Å². The average Bonchev–Trinajstić information content (AvgIpc) is 3.16. The average molecular weight is 393 g/mol. The Morgan fingerprint density at radius 2 is 1.77 bits per heavy atom.